The number of hydrogen-bond acceptors (Lipinski definition) is 7. The zero-order valence-corrected chi connectivity index (χ0v) is 22.9. The average molecular weight is 543 g/mol. The fraction of sp³-hybridized carbons (Fsp3) is 0.406. The molecule has 0 aromatic heterocycles. The zero-order valence-electron chi connectivity index (χ0n) is 22.9. The number of carbonyl (C=O) groups excluding carboxylic acids is 1. The van der Waals surface area contributed by atoms with E-state index in [0.717, 1.165) is 54.9 Å². The van der Waals surface area contributed by atoms with E-state index < -0.39 is 11.8 Å². The molecule has 6 rings (SSSR count). The quantitative estimate of drug-likeness (QED) is 0.405. The van der Waals surface area contributed by atoms with Gasteiger partial charge in [-0.2, -0.15) is 0 Å². The summed E-state index contributed by atoms with van der Waals surface area (Å²) in [6.45, 7) is 5.10. The zero-order chi connectivity index (χ0) is 27.7. The SMILES string of the molecule is C[C@H]1[C@@H](CN2CCC3(CC2)C(=O)NCN3c2ccccc2)O[C@@H](c2cccc(N)c2)O[C@H]1c1ccc(CO)cc1. The molecule has 3 heterocycles. The third-order valence-corrected chi connectivity index (χ3v) is 8.83. The molecule has 0 saturated carbocycles. The summed E-state index contributed by atoms with van der Waals surface area (Å²) in [6, 6.07) is 25.8. The molecule has 0 aliphatic carbocycles. The van der Waals surface area contributed by atoms with E-state index in [1.54, 1.807) is 0 Å². The van der Waals surface area contributed by atoms with Crippen LogP contribution in [0.25, 0.3) is 0 Å². The van der Waals surface area contributed by atoms with Gasteiger partial charge in [-0.3, -0.25) is 4.79 Å². The summed E-state index contributed by atoms with van der Waals surface area (Å²) in [6.07, 6.45) is 0.714. The van der Waals surface area contributed by atoms with Crippen LogP contribution in [0.4, 0.5) is 11.4 Å². The Morgan fingerprint density at radius 3 is 2.42 bits per heavy atom. The predicted molar refractivity (Wildman–Crippen MR) is 154 cm³/mol. The number of carbonyl (C=O) groups is 1. The molecule has 3 aromatic carbocycles. The molecular weight excluding hydrogens is 504 g/mol. The van der Waals surface area contributed by atoms with E-state index in [4.69, 9.17) is 15.2 Å². The number of nitrogens with one attached hydrogen (secondary N) is 1. The number of nitrogens with zero attached hydrogens (tertiary/aromatic N) is 2. The third-order valence-electron chi connectivity index (χ3n) is 8.83. The fourth-order valence-electron chi connectivity index (χ4n) is 6.43. The van der Waals surface area contributed by atoms with E-state index in [-0.39, 0.29) is 30.6 Å². The number of benzene rings is 3. The number of amides is 1. The molecule has 3 saturated heterocycles. The van der Waals surface area contributed by atoms with Gasteiger partial charge in [-0.25, -0.2) is 0 Å². The van der Waals surface area contributed by atoms with E-state index in [1.165, 1.54) is 0 Å². The molecule has 210 valence electrons. The van der Waals surface area contributed by atoms with Crippen molar-refractivity contribution in [1.82, 2.24) is 10.2 Å². The maximum Gasteiger partial charge on any atom is 0.247 e. The number of nitrogen functional groups attached to an aromatic ring is 1. The molecule has 3 aromatic rings. The van der Waals surface area contributed by atoms with Gasteiger partial charge in [-0.1, -0.05) is 61.5 Å². The van der Waals surface area contributed by atoms with Crippen LogP contribution in [0.2, 0.25) is 0 Å². The molecule has 40 heavy (non-hydrogen) atoms. The summed E-state index contributed by atoms with van der Waals surface area (Å²) < 4.78 is 13.2. The smallest absolute Gasteiger partial charge is 0.247 e. The van der Waals surface area contributed by atoms with Crippen molar-refractivity contribution in [3.05, 3.63) is 95.6 Å². The van der Waals surface area contributed by atoms with Gasteiger partial charge in [0.2, 0.25) is 5.91 Å². The van der Waals surface area contributed by atoms with E-state index in [9.17, 15) is 9.90 Å². The summed E-state index contributed by atoms with van der Waals surface area (Å²) >= 11 is 0. The van der Waals surface area contributed by atoms with E-state index in [1.807, 2.05) is 66.7 Å². The number of anilines is 2. The fourth-order valence-corrected chi connectivity index (χ4v) is 6.43. The van der Waals surface area contributed by atoms with Crippen molar-refractivity contribution in [2.75, 3.05) is 36.9 Å². The lowest BCUT2D eigenvalue weighted by Crippen LogP contribution is -2.57. The van der Waals surface area contributed by atoms with Crippen molar-refractivity contribution in [3.8, 4) is 0 Å². The maximum absolute atomic E-state index is 13.1. The first-order chi connectivity index (χ1) is 19.5. The highest BCUT2D eigenvalue weighted by molar-refractivity contribution is 5.93. The van der Waals surface area contributed by atoms with Gasteiger partial charge in [0.1, 0.15) is 5.54 Å². The monoisotopic (exact) mass is 542 g/mol. The van der Waals surface area contributed by atoms with Crippen LogP contribution in [-0.2, 0) is 20.9 Å². The average Bonchev–Trinajstić information content (AvgIpc) is 3.30. The molecule has 1 spiro atoms. The third kappa shape index (κ3) is 5.08. The minimum absolute atomic E-state index is 0.00911. The number of likely N-dealkylation sites (tertiary alicyclic amines) is 1. The summed E-state index contributed by atoms with van der Waals surface area (Å²) in [5.74, 6) is 0.212. The Labute approximate surface area is 235 Å². The van der Waals surface area contributed by atoms with Crippen molar-refractivity contribution >= 4 is 17.3 Å². The molecule has 4 atom stereocenters. The number of hydrogen-bond donors (Lipinski definition) is 3. The maximum atomic E-state index is 13.1. The molecule has 0 unspecified atom stereocenters. The Morgan fingerprint density at radius 1 is 0.975 bits per heavy atom. The van der Waals surface area contributed by atoms with Crippen LogP contribution in [0, 0.1) is 5.92 Å². The minimum atomic E-state index is -0.544. The number of ether oxygens (including phenoxy) is 2. The number of para-hydroxylation sites is 1. The van der Waals surface area contributed by atoms with E-state index in [0.29, 0.717) is 12.4 Å². The Morgan fingerprint density at radius 2 is 1.73 bits per heavy atom. The summed E-state index contributed by atoms with van der Waals surface area (Å²) in [5.41, 5.74) is 10.2. The van der Waals surface area contributed by atoms with Crippen molar-refractivity contribution in [2.45, 2.75) is 50.4 Å². The molecule has 3 aliphatic heterocycles. The normalized spacial score (nSPS) is 26.6. The first-order valence-electron chi connectivity index (χ1n) is 14.2. The molecule has 0 bridgehead atoms. The van der Waals surface area contributed by atoms with Gasteiger partial charge in [0.25, 0.3) is 0 Å². The van der Waals surface area contributed by atoms with Gasteiger partial charge < -0.3 is 35.4 Å². The molecule has 4 N–H and O–H groups in total. The Hall–Kier alpha value is -3.43. The Balaban J connectivity index is 1.20. The van der Waals surface area contributed by atoms with Gasteiger partial charge in [0, 0.05) is 42.5 Å². The van der Waals surface area contributed by atoms with E-state index in [2.05, 4.69) is 34.2 Å². The Bertz CT molecular complexity index is 1310. The van der Waals surface area contributed by atoms with Crippen molar-refractivity contribution in [1.29, 1.82) is 0 Å². The van der Waals surface area contributed by atoms with Crippen LogP contribution in [0.5, 0.6) is 0 Å². The number of aliphatic hydroxyl groups excluding tert-OH is 1. The van der Waals surface area contributed by atoms with Crippen LogP contribution >= 0.6 is 0 Å². The van der Waals surface area contributed by atoms with Gasteiger partial charge in [-0.05, 0) is 48.2 Å². The van der Waals surface area contributed by atoms with Crippen LogP contribution in [0.15, 0.2) is 78.9 Å². The van der Waals surface area contributed by atoms with Gasteiger partial charge in [0.05, 0.1) is 25.5 Å². The summed E-state index contributed by atoms with van der Waals surface area (Å²) in [5, 5.41) is 12.6. The van der Waals surface area contributed by atoms with Crippen LogP contribution in [-0.4, -0.2) is 53.9 Å². The number of aliphatic hydroxyl groups is 1. The lowest BCUT2D eigenvalue weighted by Gasteiger charge is -2.46. The van der Waals surface area contributed by atoms with Gasteiger partial charge in [-0.15, -0.1) is 0 Å². The molecule has 8 heteroatoms. The van der Waals surface area contributed by atoms with E-state index >= 15 is 0 Å². The molecule has 8 nitrogen and oxygen atoms in total. The van der Waals surface area contributed by atoms with Crippen molar-refractivity contribution in [2.24, 2.45) is 5.92 Å². The summed E-state index contributed by atoms with van der Waals surface area (Å²) in [4.78, 5) is 17.8. The van der Waals surface area contributed by atoms with Crippen LogP contribution in [0.1, 0.15) is 48.8 Å². The minimum Gasteiger partial charge on any atom is -0.399 e. The first kappa shape index (κ1) is 26.8. The molecule has 3 fully saturated rings. The van der Waals surface area contributed by atoms with Crippen molar-refractivity contribution < 1.29 is 19.4 Å². The molecule has 0 radical (unpaired) electrons. The second kappa shape index (κ2) is 11.2. The predicted octanol–water partition coefficient (Wildman–Crippen LogP) is 3.98. The van der Waals surface area contributed by atoms with Crippen LogP contribution < -0.4 is 16.0 Å². The van der Waals surface area contributed by atoms with Gasteiger partial charge >= 0.3 is 0 Å². The lowest BCUT2D eigenvalue weighted by atomic mass is 9.84. The van der Waals surface area contributed by atoms with Crippen molar-refractivity contribution in [3.63, 3.8) is 0 Å². The highest BCUT2D eigenvalue weighted by atomic mass is 16.7. The lowest BCUT2D eigenvalue weighted by molar-refractivity contribution is -0.276. The summed E-state index contributed by atoms with van der Waals surface area (Å²) in [7, 11) is 0. The van der Waals surface area contributed by atoms with Crippen LogP contribution in [0.3, 0.4) is 0 Å². The Kier molecular flexibility index (Phi) is 7.51. The second-order valence-corrected chi connectivity index (χ2v) is 11.3. The number of rotatable bonds is 6. The highest BCUT2D eigenvalue weighted by Crippen LogP contribution is 2.43. The standard InChI is InChI=1S/C32H38N4O4/c1-22-28(19-35-16-14-32(15-17-35)31(38)34-21-36(32)27-8-3-2-4-9-27)39-30(25-6-5-7-26(33)18-25)40-29(22)24-12-10-23(20-37)11-13-24/h2-13,18,22,28-30,37H,14-17,19-21,33H2,1H3,(H,34,38)/t22-,28+,29+,30+/m0/s1. The first-order valence-corrected chi connectivity index (χ1v) is 14.2. The topological polar surface area (TPSA) is 100 Å². The number of piperidine rings is 1. The largest absolute Gasteiger partial charge is 0.399 e. The molecular formula is C32H38N4O4. The molecule has 3 aliphatic rings. The second-order valence-electron chi connectivity index (χ2n) is 11.3. The van der Waals surface area contributed by atoms with Gasteiger partial charge in [0.15, 0.2) is 6.29 Å². The molecule has 1 amide bonds. The highest BCUT2D eigenvalue weighted by Gasteiger charge is 2.51. The number of nitrogens with two attached hydrogens (primary N) is 1.